The topological polar surface area (TPSA) is 68.7 Å². The molecule has 0 radical (unpaired) electrons. The van der Waals surface area contributed by atoms with Crippen LogP contribution < -0.4 is 4.74 Å². The number of pyridine rings is 1. The van der Waals surface area contributed by atoms with Crippen LogP contribution in [0.5, 0.6) is 5.75 Å². The van der Waals surface area contributed by atoms with Crippen molar-refractivity contribution in [1.29, 1.82) is 0 Å². The van der Waals surface area contributed by atoms with Crippen LogP contribution in [-0.2, 0) is 16.1 Å². The maximum absolute atomic E-state index is 11.0. The molecule has 1 N–H and O–H groups in total. The Morgan fingerprint density at radius 3 is 2.43 bits per heavy atom. The summed E-state index contributed by atoms with van der Waals surface area (Å²) in [4.78, 5) is 15.1. The minimum Gasteiger partial charge on any atom is -0.489 e. The van der Waals surface area contributed by atoms with Crippen molar-refractivity contribution in [3.05, 3.63) is 83.1 Å². The van der Waals surface area contributed by atoms with E-state index >= 15 is 0 Å². The molecule has 30 heavy (non-hydrogen) atoms. The smallest absolute Gasteiger partial charge is 0.306 e. The average Bonchev–Trinajstić information content (AvgIpc) is 2.73. The van der Waals surface area contributed by atoms with E-state index in [2.05, 4.69) is 4.98 Å². The lowest BCUT2D eigenvalue weighted by Crippen LogP contribution is -2.10. The SMILES string of the molecule is CCO[C@@H](CC(=O)O)c1ccc(OCc2ccc(Cl)c(-c3ccncc3)c2)cc1.Cl. The van der Waals surface area contributed by atoms with Gasteiger partial charge < -0.3 is 14.6 Å². The molecule has 0 bridgehead atoms. The van der Waals surface area contributed by atoms with Crippen LogP contribution in [0.15, 0.2) is 67.0 Å². The van der Waals surface area contributed by atoms with Crippen LogP contribution in [0.3, 0.4) is 0 Å². The van der Waals surface area contributed by atoms with Gasteiger partial charge in [0.1, 0.15) is 12.4 Å². The second-order valence-electron chi connectivity index (χ2n) is 6.45. The molecule has 0 spiro atoms. The van der Waals surface area contributed by atoms with Crippen molar-refractivity contribution in [1.82, 2.24) is 4.98 Å². The largest absolute Gasteiger partial charge is 0.489 e. The molecule has 1 heterocycles. The molecule has 0 saturated carbocycles. The van der Waals surface area contributed by atoms with Crippen LogP contribution in [0.1, 0.15) is 30.6 Å². The highest BCUT2D eigenvalue weighted by atomic mass is 35.5. The van der Waals surface area contributed by atoms with Gasteiger partial charge in [0.2, 0.25) is 0 Å². The van der Waals surface area contributed by atoms with E-state index in [1.807, 2.05) is 61.5 Å². The first-order valence-corrected chi connectivity index (χ1v) is 9.69. The number of aromatic nitrogens is 1. The number of hydrogen-bond donors (Lipinski definition) is 1. The van der Waals surface area contributed by atoms with E-state index in [4.69, 9.17) is 26.2 Å². The van der Waals surface area contributed by atoms with Crippen molar-refractivity contribution in [2.75, 3.05) is 6.61 Å². The van der Waals surface area contributed by atoms with E-state index in [0.717, 1.165) is 22.3 Å². The van der Waals surface area contributed by atoms with Crippen molar-refractivity contribution >= 4 is 30.0 Å². The third-order valence-electron chi connectivity index (χ3n) is 4.41. The fourth-order valence-corrected chi connectivity index (χ4v) is 3.22. The maximum atomic E-state index is 11.0. The van der Waals surface area contributed by atoms with Crippen LogP contribution in [0, 0.1) is 0 Å². The van der Waals surface area contributed by atoms with Gasteiger partial charge in [-0.05, 0) is 60.0 Å². The third-order valence-corrected chi connectivity index (χ3v) is 4.74. The summed E-state index contributed by atoms with van der Waals surface area (Å²) < 4.78 is 11.4. The number of hydrogen-bond acceptors (Lipinski definition) is 4. The minimum absolute atomic E-state index is 0. The first-order chi connectivity index (χ1) is 14.1. The fourth-order valence-electron chi connectivity index (χ4n) is 2.99. The number of ether oxygens (including phenoxy) is 2. The summed E-state index contributed by atoms with van der Waals surface area (Å²) in [6.07, 6.45) is 2.93. The second kappa shape index (κ2) is 11.6. The molecule has 5 nitrogen and oxygen atoms in total. The number of rotatable bonds is 9. The summed E-state index contributed by atoms with van der Waals surface area (Å²) in [5.74, 6) is -0.198. The van der Waals surface area contributed by atoms with E-state index in [0.29, 0.717) is 24.0 Å². The molecule has 0 aliphatic heterocycles. The summed E-state index contributed by atoms with van der Waals surface area (Å²) in [7, 11) is 0. The van der Waals surface area contributed by atoms with E-state index in [1.54, 1.807) is 12.4 Å². The van der Waals surface area contributed by atoms with Gasteiger partial charge in [0.25, 0.3) is 0 Å². The highest BCUT2D eigenvalue weighted by Crippen LogP contribution is 2.29. The van der Waals surface area contributed by atoms with Gasteiger partial charge in [-0.3, -0.25) is 9.78 Å². The number of nitrogens with zero attached hydrogens (tertiary/aromatic N) is 1. The van der Waals surface area contributed by atoms with E-state index < -0.39 is 12.1 Å². The molecule has 0 amide bonds. The monoisotopic (exact) mass is 447 g/mol. The molecule has 1 atom stereocenters. The Kier molecular flexibility index (Phi) is 9.12. The summed E-state index contributed by atoms with van der Waals surface area (Å²) in [5, 5.41) is 9.71. The van der Waals surface area contributed by atoms with E-state index in [-0.39, 0.29) is 18.8 Å². The lowest BCUT2D eigenvalue weighted by atomic mass is 10.0. The summed E-state index contributed by atoms with van der Waals surface area (Å²) in [6.45, 7) is 2.68. The minimum atomic E-state index is -0.892. The van der Waals surface area contributed by atoms with Gasteiger partial charge >= 0.3 is 5.97 Å². The third kappa shape index (κ3) is 6.46. The molecule has 3 aromatic rings. The van der Waals surface area contributed by atoms with Crippen molar-refractivity contribution < 1.29 is 19.4 Å². The number of carbonyl (C=O) groups is 1. The molecule has 2 aromatic carbocycles. The predicted molar refractivity (Wildman–Crippen MR) is 119 cm³/mol. The predicted octanol–water partition coefficient (Wildman–Crippen LogP) is 5.96. The Morgan fingerprint density at radius 1 is 1.10 bits per heavy atom. The fraction of sp³-hybridized carbons (Fsp3) is 0.217. The van der Waals surface area contributed by atoms with Crippen LogP contribution >= 0.6 is 24.0 Å². The molecule has 0 saturated heterocycles. The zero-order chi connectivity index (χ0) is 20.6. The van der Waals surface area contributed by atoms with Gasteiger partial charge in [0.15, 0.2) is 0 Å². The summed E-state index contributed by atoms with van der Waals surface area (Å²) in [6, 6.07) is 16.9. The van der Waals surface area contributed by atoms with Crippen molar-refractivity contribution in [3.63, 3.8) is 0 Å². The Bertz CT molecular complexity index is 949. The standard InChI is InChI=1S/C23H22ClNO4.ClH/c1-2-28-22(14-23(26)27)18-4-6-19(7-5-18)29-15-16-3-8-21(24)20(13-16)17-9-11-25-12-10-17;/h3-13,22H,2,14-15H2,1H3,(H,26,27);1H/t22-;/m0./s1. The Balaban J connectivity index is 0.00000320. The van der Waals surface area contributed by atoms with Crippen molar-refractivity contribution in [2.24, 2.45) is 0 Å². The molecule has 0 aliphatic rings. The number of aliphatic carboxylic acids is 1. The van der Waals surface area contributed by atoms with Gasteiger partial charge in [-0.25, -0.2) is 0 Å². The quantitative estimate of drug-likeness (QED) is 0.438. The van der Waals surface area contributed by atoms with Crippen molar-refractivity contribution in [3.8, 4) is 16.9 Å². The highest BCUT2D eigenvalue weighted by Gasteiger charge is 2.15. The second-order valence-corrected chi connectivity index (χ2v) is 6.86. The molecule has 0 fully saturated rings. The van der Waals surface area contributed by atoms with E-state index in [9.17, 15) is 4.79 Å². The highest BCUT2D eigenvalue weighted by molar-refractivity contribution is 6.33. The maximum Gasteiger partial charge on any atom is 0.306 e. The first-order valence-electron chi connectivity index (χ1n) is 9.31. The van der Waals surface area contributed by atoms with Gasteiger partial charge in [0.05, 0.1) is 12.5 Å². The molecular weight excluding hydrogens is 425 g/mol. The average molecular weight is 448 g/mol. The number of carboxylic acids is 1. The Labute approximate surface area is 187 Å². The van der Waals surface area contributed by atoms with Gasteiger partial charge in [-0.2, -0.15) is 0 Å². The Morgan fingerprint density at radius 2 is 1.80 bits per heavy atom. The number of benzene rings is 2. The normalized spacial score (nSPS) is 11.4. The molecule has 158 valence electrons. The summed E-state index contributed by atoms with van der Waals surface area (Å²) >= 11 is 6.34. The zero-order valence-corrected chi connectivity index (χ0v) is 18.0. The molecule has 7 heteroatoms. The molecule has 0 aliphatic carbocycles. The number of carboxylic acid groups (broad SMARTS) is 1. The van der Waals surface area contributed by atoms with Gasteiger partial charge in [-0.15, -0.1) is 12.4 Å². The lowest BCUT2D eigenvalue weighted by Gasteiger charge is -2.16. The first kappa shape index (κ1) is 23.7. The van der Waals surface area contributed by atoms with Crippen molar-refractivity contribution in [2.45, 2.75) is 26.1 Å². The number of halogens is 2. The summed E-state index contributed by atoms with van der Waals surface area (Å²) in [5.41, 5.74) is 3.73. The van der Waals surface area contributed by atoms with Gasteiger partial charge in [0, 0.05) is 29.6 Å². The zero-order valence-electron chi connectivity index (χ0n) is 16.5. The molecule has 0 unspecified atom stereocenters. The van der Waals surface area contributed by atoms with Gasteiger partial charge in [-0.1, -0.05) is 29.8 Å². The molecular formula is C23H23Cl2NO4. The van der Waals surface area contributed by atoms with Crippen LogP contribution in [0.25, 0.3) is 11.1 Å². The molecule has 3 rings (SSSR count). The van der Waals surface area contributed by atoms with E-state index in [1.165, 1.54) is 0 Å². The lowest BCUT2D eigenvalue weighted by molar-refractivity contribution is -0.140. The Hall–Kier alpha value is -2.60. The molecule has 1 aromatic heterocycles. The van der Waals surface area contributed by atoms with Crippen LogP contribution in [-0.4, -0.2) is 22.7 Å². The van der Waals surface area contributed by atoms with Crippen LogP contribution in [0.2, 0.25) is 5.02 Å². The van der Waals surface area contributed by atoms with Crippen LogP contribution in [0.4, 0.5) is 0 Å².